The molecule has 4 fully saturated rings. The van der Waals surface area contributed by atoms with Crippen molar-refractivity contribution in [2.45, 2.75) is 125 Å². The predicted molar refractivity (Wildman–Crippen MR) is 219 cm³/mol. The number of nitrogens with zero attached hydrogens (tertiary/aromatic N) is 2. The fraction of sp³-hybridized carbons (Fsp3) is 0.634. The van der Waals surface area contributed by atoms with Crippen LogP contribution in [0.1, 0.15) is 90.0 Å². The summed E-state index contributed by atoms with van der Waals surface area (Å²) in [6.45, 7) is 7.22. The van der Waals surface area contributed by atoms with Crippen LogP contribution < -0.4 is 29.0 Å². The Morgan fingerprint density at radius 2 is 1.76 bits per heavy atom. The number of hydrogen-bond donors (Lipinski definition) is 3. The van der Waals surface area contributed by atoms with Crippen molar-refractivity contribution < 1.29 is 67.6 Å². The summed E-state index contributed by atoms with van der Waals surface area (Å²) in [4.78, 5) is 61.9. The molecule has 5 aliphatic rings. The van der Waals surface area contributed by atoms with E-state index in [2.05, 4.69) is 31.1 Å². The van der Waals surface area contributed by atoms with Crippen molar-refractivity contribution in [2.75, 3.05) is 20.3 Å². The van der Waals surface area contributed by atoms with Gasteiger partial charge in [-0.1, -0.05) is 39.2 Å². The average molecular weight is 928 g/mol. The first-order valence-corrected chi connectivity index (χ1v) is 24.0. The van der Waals surface area contributed by atoms with Gasteiger partial charge in [0, 0.05) is 29.9 Å². The molecular formula is C41H52F3N5O12S2. The predicted octanol–water partition coefficient (Wildman–Crippen LogP) is 4.53. The molecule has 2 aromatic rings. The van der Waals surface area contributed by atoms with E-state index in [1.807, 2.05) is 13.8 Å². The summed E-state index contributed by atoms with van der Waals surface area (Å²) in [7, 11) is -8.84. The SMILES string of the molecule is C=C[C@H]1CC1(NC(=O)[C@@H]1C[C@@H]2CN1C(=O)[C@H](C1CCCCC1)NC(=O)OCC(C)(C)CCCc1cc3c(cc(OS(=O)(=O)C(F)(F)F)nc3cc1OC)O2)C(=O)NS(=O)(=O)C1CC1. The zero-order valence-electron chi connectivity index (χ0n) is 35.1. The smallest absolute Gasteiger partial charge is 0.496 e. The Morgan fingerprint density at radius 1 is 1.05 bits per heavy atom. The van der Waals surface area contributed by atoms with E-state index in [-0.39, 0.29) is 54.3 Å². The molecule has 3 saturated carbocycles. The topological polar surface area (TPSA) is 226 Å². The highest BCUT2D eigenvalue weighted by atomic mass is 32.2. The summed E-state index contributed by atoms with van der Waals surface area (Å²) in [6.07, 6.45) is 5.10. The molecular weight excluding hydrogens is 876 g/mol. The zero-order chi connectivity index (χ0) is 45.7. The van der Waals surface area contributed by atoms with Gasteiger partial charge in [0.2, 0.25) is 27.7 Å². The molecule has 1 saturated heterocycles. The van der Waals surface area contributed by atoms with Gasteiger partial charge in [-0.2, -0.15) is 21.6 Å². The molecule has 1 aromatic heterocycles. The zero-order valence-corrected chi connectivity index (χ0v) is 36.8. The molecule has 346 valence electrons. The number of hydrogen-bond acceptors (Lipinski definition) is 13. The number of sulfonamides is 1. The highest BCUT2D eigenvalue weighted by Crippen LogP contribution is 2.46. The number of benzene rings is 1. The maximum absolute atomic E-state index is 14.9. The van der Waals surface area contributed by atoms with Crippen molar-refractivity contribution in [1.82, 2.24) is 25.2 Å². The highest BCUT2D eigenvalue weighted by molar-refractivity contribution is 7.91. The number of aryl methyl sites for hydroxylation is 1. The lowest BCUT2D eigenvalue weighted by atomic mass is 9.83. The number of carbonyl (C=O) groups excluding carboxylic acids is 4. The van der Waals surface area contributed by atoms with Crippen LogP contribution in [0.25, 0.3) is 10.9 Å². The van der Waals surface area contributed by atoms with Crippen LogP contribution in [0.5, 0.6) is 17.4 Å². The molecule has 1 aromatic carbocycles. The number of rotatable bonds is 10. The number of aromatic nitrogens is 1. The van der Waals surface area contributed by atoms with E-state index in [9.17, 15) is 49.2 Å². The molecule has 0 radical (unpaired) electrons. The molecule has 3 heterocycles. The van der Waals surface area contributed by atoms with Crippen molar-refractivity contribution >= 4 is 54.9 Å². The first-order chi connectivity index (χ1) is 29.6. The van der Waals surface area contributed by atoms with E-state index in [0.29, 0.717) is 50.5 Å². The standard InChI is InChI=1S/C41H52F3N5O12S2/c1-5-25-20-40(25,37(52)48-62(54,55)27-13-14-27)47-35(50)30-17-26-21-49(30)36(51)34(23-10-7-6-8-11-23)46-38(53)59-22-39(2,3)15-9-12-24-16-28-29(18-31(24)58-4)45-33(19-32(28)60-26)61-63(56,57)41(42,43)44/h5,16,18-19,23,25-27,30,34H,1,6-15,17,20-22H2,2-4H3,(H,46,53)(H,47,50)(H,48,52)/t25-,26+,30-,34-,40?/m0/s1. The molecule has 3 aliphatic carbocycles. The maximum atomic E-state index is 14.9. The quantitative estimate of drug-likeness (QED) is 0.169. The van der Waals surface area contributed by atoms with Crippen LogP contribution in [0, 0.1) is 17.3 Å². The van der Waals surface area contributed by atoms with Crippen molar-refractivity contribution in [3.8, 4) is 17.4 Å². The Kier molecular flexibility index (Phi) is 12.6. The van der Waals surface area contributed by atoms with Crippen LogP contribution in [0.2, 0.25) is 0 Å². The minimum atomic E-state index is -6.19. The van der Waals surface area contributed by atoms with Gasteiger partial charge < -0.3 is 33.9 Å². The van der Waals surface area contributed by atoms with Gasteiger partial charge in [-0.25, -0.2) is 18.2 Å². The first-order valence-electron chi connectivity index (χ1n) is 21.0. The Morgan fingerprint density at radius 3 is 2.40 bits per heavy atom. The van der Waals surface area contributed by atoms with Gasteiger partial charge in [0.1, 0.15) is 35.2 Å². The van der Waals surface area contributed by atoms with E-state index in [4.69, 9.17) is 14.2 Å². The van der Waals surface area contributed by atoms with E-state index >= 15 is 0 Å². The Bertz CT molecular complexity index is 2390. The summed E-state index contributed by atoms with van der Waals surface area (Å²) in [5.74, 6) is -4.37. The summed E-state index contributed by atoms with van der Waals surface area (Å²) in [5, 5.41) is 4.97. The third-order valence-corrected chi connectivity index (χ3v) is 15.3. The van der Waals surface area contributed by atoms with E-state index in [0.717, 1.165) is 25.3 Å². The minimum absolute atomic E-state index is 0.00725. The molecule has 7 rings (SSSR count). The van der Waals surface area contributed by atoms with Crippen LogP contribution >= 0.6 is 0 Å². The van der Waals surface area contributed by atoms with Crippen LogP contribution in [-0.2, 0) is 45.7 Å². The normalized spacial score (nSPS) is 27.2. The number of pyridine rings is 1. The molecule has 22 heteroatoms. The number of carbonyl (C=O) groups is 4. The lowest BCUT2D eigenvalue weighted by molar-refractivity contribution is -0.142. The second-order valence-corrected chi connectivity index (χ2v) is 21.4. The average Bonchev–Trinajstić information content (AvgIpc) is 4.15. The van der Waals surface area contributed by atoms with Crippen molar-refractivity contribution in [1.29, 1.82) is 0 Å². The second kappa shape index (κ2) is 17.3. The van der Waals surface area contributed by atoms with E-state index in [1.54, 1.807) is 6.07 Å². The number of amides is 4. The van der Waals surface area contributed by atoms with Crippen molar-refractivity contribution in [3.05, 3.63) is 36.4 Å². The fourth-order valence-electron chi connectivity index (χ4n) is 8.79. The molecule has 2 aliphatic heterocycles. The van der Waals surface area contributed by atoms with Crippen LogP contribution in [0.3, 0.4) is 0 Å². The Balaban J connectivity index is 1.30. The molecule has 5 atom stereocenters. The third kappa shape index (κ3) is 9.95. The monoisotopic (exact) mass is 927 g/mol. The van der Waals surface area contributed by atoms with Crippen LogP contribution in [0.15, 0.2) is 30.9 Å². The molecule has 4 amide bonds. The van der Waals surface area contributed by atoms with E-state index < -0.39 is 95.7 Å². The number of alkyl carbamates (subject to hydrolysis) is 1. The fourth-order valence-corrected chi connectivity index (χ4v) is 10.6. The lowest BCUT2D eigenvalue weighted by Gasteiger charge is -2.35. The second-order valence-electron chi connectivity index (χ2n) is 17.9. The summed E-state index contributed by atoms with van der Waals surface area (Å²) >= 11 is 0. The number of nitrogens with one attached hydrogen (secondary N) is 3. The number of fused-ring (bicyclic) bond motifs is 3. The summed E-state index contributed by atoms with van der Waals surface area (Å²) < 4.78 is 115. The Labute approximate surface area is 363 Å². The number of cyclic esters (lactones) is 1. The number of halogens is 3. The molecule has 1 unspecified atom stereocenters. The summed E-state index contributed by atoms with van der Waals surface area (Å²) in [6, 6.07) is 1.36. The molecule has 3 N–H and O–H groups in total. The van der Waals surface area contributed by atoms with Crippen LogP contribution in [-0.4, -0.2) is 105 Å². The van der Waals surface area contributed by atoms with Gasteiger partial charge >= 0.3 is 21.7 Å². The van der Waals surface area contributed by atoms with Gasteiger partial charge in [0.05, 0.1) is 31.0 Å². The van der Waals surface area contributed by atoms with Gasteiger partial charge in [-0.15, -0.1) is 6.58 Å². The Hall–Kier alpha value is -4.86. The highest BCUT2D eigenvalue weighted by Gasteiger charge is 2.62. The van der Waals surface area contributed by atoms with Crippen molar-refractivity contribution in [3.63, 3.8) is 0 Å². The van der Waals surface area contributed by atoms with E-state index in [1.165, 1.54) is 24.2 Å². The van der Waals surface area contributed by atoms with Crippen LogP contribution in [0.4, 0.5) is 18.0 Å². The molecule has 4 bridgehead atoms. The van der Waals surface area contributed by atoms with Gasteiger partial charge in [0.25, 0.3) is 5.91 Å². The minimum Gasteiger partial charge on any atom is -0.496 e. The molecule has 0 spiro atoms. The largest absolute Gasteiger partial charge is 0.534 e. The van der Waals surface area contributed by atoms with Gasteiger partial charge in [-0.05, 0) is 74.3 Å². The first kappa shape index (κ1) is 46.1. The number of methoxy groups -OCH3 is 1. The van der Waals surface area contributed by atoms with Gasteiger partial charge in [-0.3, -0.25) is 19.1 Å². The lowest BCUT2D eigenvalue weighted by Crippen LogP contribution is -2.59. The van der Waals surface area contributed by atoms with Crippen molar-refractivity contribution in [2.24, 2.45) is 17.3 Å². The van der Waals surface area contributed by atoms with Gasteiger partial charge in [0.15, 0.2) is 0 Å². The number of alkyl halides is 3. The summed E-state index contributed by atoms with van der Waals surface area (Å²) in [5.41, 5.74) is -7.48. The molecule has 63 heavy (non-hydrogen) atoms. The molecule has 17 nitrogen and oxygen atoms in total. The third-order valence-electron chi connectivity index (χ3n) is 12.6. The number of ether oxygens (including phenoxy) is 3. The maximum Gasteiger partial charge on any atom is 0.534 e.